The second-order valence-electron chi connectivity index (χ2n) is 7.08. The summed E-state index contributed by atoms with van der Waals surface area (Å²) in [5.41, 5.74) is 0.746. The number of amides is 1. The van der Waals surface area contributed by atoms with Crippen LogP contribution in [-0.4, -0.2) is 27.9 Å². The van der Waals surface area contributed by atoms with Crippen LogP contribution in [0.1, 0.15) is 51.8 Å². The van der Waals surface area contributed by atoms with Crippen LogP contribution in [0.25, 0.3) is 11.3 Å². The first-order valence-electron chi connectivity index (χ1n) is 9.17. The van der Waals surface area contributed by atoms with Crippen LogP contribution in [0.3, 0.4) is 0 Å². The summed E-state index contributed by atoms with van der Waals surface area (Å²) in [6.07, 6.45) is 7.19. The maximum atomic E-state index is 12.7. The highest BCUT2D eigenvalue weighted by atomic mass is 35.5. The summed E-state index contributed by atoms with van der Waals surface area (Å²) in [5.74, 6) is 1.32. The summed E-state index contributed by atoms with van der Waals surface area (Å²) in [4.78, 5) is 19.1. The molecule has 0 spiro atoms. The Morgan fingerprint density at radius 2 is 2.04 bits per heavy atom. The number of carbonyl (C=O) groups is 1. The number of rotatable bonds is 6. The van der Waals surface area contributed by atoms with Crippen molar-refractivity contribution in [2.75, 3.05) is 0 Å². The lowest BCUT2D eigenvalue weighted by atomic mass is 10.1. The van der Waals surface area contributed by atoms with E-state index < -0.39 is 0 Å². The Kier molecular flexibility index (Phi) is 6.25. The van der Waals surface area contributed by atoms with Gasteiger partial charge in [0.2, 0.25) is 5.91 Å². The van der Waals surface area contributed by atoms with E-state index in [0.717, 1.165) is 18.4 Å². The van der Waals surface area contributed by atoms with Crippen LogP contribution in [-0.2, 0) is 11.2 Å². The number of hydrogen-bond acceptors (Lipinski definition) is 3. The van der Waals surface area contributed by atoms with Crippen LogP contribution in [0.5, 0.6) is 0 Å². The molecule has 1 fully saturated rings. The largest absolute Gasteiger partial charge is 0.441 e. The van der Waals surface area contributed by atoms with Crippen molar-refractivity contribution < 1.29 is 9.21 Å². The first kappa shape index (κ1) is 19.2. The van der Waals surface area contributed by atoms with Gasteiger partial charge in [-0.1, -0.05) is 36.0 Å². The highest BCUT2D eigenvalue weighted by Gasteiger charge is 2.28. The summed E-state index contributed by atoms with van der Waals surface area (Å²) in [6.45, 7) is 4.17. The third-order valence-electron chi connectivity index (χ3n) is 4.87. The summed E-state index contributed by atoms with van der Waals surface area (Å²) in [7, 11) is 0. The van der Waals surface area contributed by atoms with Crippen molar-refractivity contribution in [1.82, 2.24) is 9.88 Å². The number of nitrogens with zero attached hydrogens (tertiary/aromatic N) is 2. The highest BCUT2D eigenvalue weighted by molar-refractivity contribution is 6.36. The average Bonchev–Trinajstić information content (AvgIpc) is 3.25. The lowest BCUT2D eigenvalue weighted by Gasteiger charge is -2.32. The normalized spacial score (nSPS) is 15.0. The molecule has 2 aromatic rings. The zero-order chi connectivity index (χ0) is 18.7. The van der Waals surface area contributed by atoms with Crippen molar-refractivity contribution in [3.05, 3.63) is 40.3 Å². The quantitative estimate of drug-likeness (QED) is 0.625. The number of halogens is 2. The Labute approximate surface area is 164 Å². The zero-order valence-corrected chi connectivity index (χ0v) is 16.7. The molecule has 1 aromatic carbocycles. The van der Waals surface area contributed by atoms with Gasteiger partial charge in [0.25, 0.3) is 0 Å². The van der Waals surface area contributed by atoms with Crippen molar-refractivity contribution in [1.29, 1.82) is 0 Å². The Bertz CT molecular complexity index is 767. The van der Waals surface area contributed by atoms with Crippen LogP contribution in [0.4, 0.5) is 0 Å². The van der Waals surface area contributed by atoms with Crippen molar-refractivity contribution in [3.8, 4) is 11.3 Å². The maximum Gasteiger partial charge on any atom is 0.223 e. The fourth-order valence-corrected chi connectivity index (χ4v) is 4.18. The SMILES string of the molecule is CC(C)N(C(=O)CCc1ncc(-c2ccc(Cl)cc2Cl)o1)C1CCCC1. The summed E-state index contributed by atoms with van der Waals surface area (Å²) < 4.78 is 5.80. The van der Waals surface area contributed by atoms with Gasteiger partial charge in [0.15, 0.2) is 11.7 Å². The van der Waals surface area contributed by atoms with E-state index in [1.807, 2.05) is 4.90 Å². The molecule has 26 heavy (non-hydrogen) atoms. The summed E-state index contributed by atoms with van der Waals surface area (Å²) in [5, 5.41) is 1.09. The van der Waals surface area contributed by atoms with E-state index >= 15 is 0 Å². The van der Waals surface area contributed by atoms with Gasteiger partial charge in [-0.2, -0.15) is 0 Å². The van der Waals surface area contributed by atoms with E-state index in [4.69, 9.17) is 27.6 Å². The van der Waals surface area contributed by atoms with Crippen LogP contribution < -0.4 is 0 Å². The van der Waals surface area contributed by atoms with Gasteiger partial charge in [-0.25, -0.2) is 4.98 Å². The van der Waals surface area contributed by atoms with Gasteiger partial charge >= 0.3 is 0 Å². The molecule has 1 amide bonds. The Morgan fingerprint density at radius 1 is 1.31 bits per heavy atom. The van der Waals surface area contributed by atoms with Gasteiger partial charge in [0.1, 0.15) is 0 Å². The van der Waals surface area contributed by atoms with E-state index in [0.29, 0.717) is 40.6 Å². The molecule has 3 rings (SSSR count). The molecule has 4 nitrogen and oxygen atoms in total. The van der Waals surface area contributed by atoms with Gasteiger partial charge < -0.3 is 9.32 Å². The van der Waals surface area contributed by atoms with Gasteiger partial charge in [-0.3, -0.25) is 4.79 Å². The number of benzene rings is 1. The van der Waals surface area contributed by atoms with Crippen LogP contribution >= 0.6 is 23.2 Å². The smallest absolute Gasteiger partial charge is 0.223 e. The Morgan fingerprint density at radius 3 is 2.69 bits per heavy atom. The molecule has 1 aliphatic carbocycles. The van der Waals surface area contributed by atoms with E-state index in [1.165, 1.54) is 12.8 Å². The highest BCUT2D eigenvalue weighted by Crippen LogP contribution is 2.31. The molecule has 6 heteroatoms. The molecule has 0 bridgehead atoms. The lowest BCUT2D eigenvalue weighted by molar-refractivity contribution is -0.135. The maximum absolute atomic E-state index is 12.7. The molecule has 0 aliphatic heterocycles. The third-order valence-corrected chi connectivity index (χ3v) is 5.41. The minimum atomic E-state index is 0.177. The molecule has 0 atom stereocenters. The Hall–Kier alpha value is -1.52. The number of hydrogen-bond donors (Lipinski definition) is 0. The van der Waals surface area contributed by atoms with Gasteiger partial charge in [0.05, 0.1) is 11.2 Å². The van der Waals surface area contributed by atoms with E-state index in [2.05, 4.69) is 18.8 Å². The minimum Gasteiger partial charge on any atom is -0.441 e. The molecule has 140 valence electrons. The second kappa shape index (κ2) is 8.45. The molecule has 0 N–H and O–H groups in total. The molecule has 0 saturated heterocycles. The molecule has 1 heterocycles. The summed E-state index contributed by atoms with van der Waals surface area (Å²) >= 11 is 12.1. The van der Waals surface area contributed by atoms with Crippen molar-refractivity contribution in [3.63, 3.8) is 0 Å². The van der Waals surface area contributed by atoms with E-state index in [1.54, 1.807) is 24.4 Å². The predicted molar refractivity (Wildman–Crippen MR) is 105 cm³/mol. The fourth-order valence-electron chi connectivity index (χ4n) is 3.68. The topological polar surface area (TPSA) is 46.3 Å². The van der Waals surface area contributed by atoms with Crippen molar-refractivity contribution in [2.45, 2.75) is 64.5 Å². The van der Waals surface area contributed by atoms with E-state index in [-0.39, 0.29) is 11.9 Å². The number of aromatic nitrogens is 1. The van der Waals surface area contributed by atoms with Gasteiger partial charge in [0, 0.05) is 35.5 Å². The monoisotopic (exact) mass is 394 g/mol. The molecule has 1 aromatic heterocycles. The van der Waals surface area contributed by atoms with Gasteiger partial charge in [-0.15, -0.1) is 0 Å². The fraction of sp³-hybridized carbons (Fsp3) is 0.500. The predicted octanol–water partition coefficient (Wildman–Crippen LogP) is 5.76. The Balaban J connectivity index is 1.64. The first-order valence-corrected chi connectivity index (χ1v) is 9.92. The molecule has 1 saturated carbocycles. The molecular formula is C20H24Cl2N2O2. The summed E-state index contributed by atoms with van der Waals surface area (Å²) in [6, 6.07) is 5.85. The minimum absolute atomic E-state index is 0.177. The standard InChI is InChI=1S/C20H24Cl2N2O2/c1-13(2)24(15-5-3-4-6-15)20(25)10-9-19-23-12-18(26-19)16-8-7-14(21)11-17(16)22/h7-8,11-13,15H,3-6,9-10H2,1-2H3. The number of aryl methyl sites for hydroxylation is 1. The molecule has 0 radical (unpaired) electrons. The molecule has 1 aliphatic rings. The van der Waals surface area contributed by atoms with Crippen LogP contribution in [0.15, 0.2) is 28.8 Å². The zero-order valence-electron chi connectivity index (χ0n) is 15.2. The molecular weight excluding hydrogens is 371 g/mol. The van der Waals surface area contributed by atoms with Crippen LogP contribution in [0, 0.1) is 0 Å². The third kappa shape index (κ3) is 4.41. The number of carbonyl (C=O) groups excluding carboxylic acids is 1. The van der Waals surface area contributed by atoms with Crippen LogP contribution in [0.2, 0.25) is 10.0 Å². The van der Waals surface area contributed by atoms with Crippen molar-refractivity contribution in [2.24, 2.45) is 0 Å². The number of oxazole rings is 1. The van der Waals surface area contributed by atoms with Crippen molar-refractivity contribution >= 4 is 29.1 Å². The molecule has 0 unspecified atom stereocenters. The average molecular weight is 395 g/mol. The van der Waals surface area contributed by atoms with Gasteiger partial charge in [-0.05, 0) is 44.9 Å². The second-order valence-corrected chi connectivity index (χ2v) is 7.92. The lowest BCUT2D eigenvalue weighted by Crippen LogP contribution is -2.43. The van der Waals surface area contributed by atoms with E-state index in [9.17, 15) is 4.79 Å². The first-order chi connectivity index (χ1) is 12.5.